The number of aromatic nitrogens is 1. The summed E-state index contributed by atoms with van der Waals surface area (Å²) >= 11 is 2.23. The summed E-state index contributed by atoms with van der Waals surface area (Å²) in [5.41, 5.74) is 4.88. The molecule has 1 heterocycles. The summed E-state index contributed by atoms with van der Waals surface area (Å²) in [6.45, 7) is 3.86. The quantitative estimate of drug-likeness (QED) is 0.212. The molecule has 0 saturated carbocycles. The monoisotopic (exact) mass is 650 g/mol. The molecule has 39 heavy (non-hydrogen) atoms. The number of ether oxygens (including phenoxy) is 1. The molecule has 10 heteroatoms. The van der Waals surface area contributed by atoms with Crippen molar-refractivity contribution in [2.75, 3.05) is 0 Å². The van der Waals surface area contributed by atoms with Crippen LogP contribution in [0, 0.1) is 10.5 Å². The average Bonchev–Trinajstić information content (AvgIpc) is 3.11. The van der Waals surface area contributed by atoms with Gasteiger partial charge in [-0.1, -0.05) is 30.3 Å². The van der Waals surface area contributed by atoms with Crippen molar-refractivity contribution in [1.82, 2.24) is 9.88 Å². The Morgan fingerprint density at radius 3 is 2.46 bits per heavy atom. The molecule has 2 N–H and O–H groups in total. The van der Waals surface area contributed by atoms with Crippen molar-refractivity contribution in [3.05, 3.63) is 98.2 Å². The number of nitrogens with one attached hydrogen (secondary N) is 1. The Morgan fingerprint density at radius 1 is 1.08 bits per heavy atom. The summed E-state index contributed by atoms with van der Waals surface area (Å²) in [6, 6.07) is 19.2. The molecule has 204 valence electrons. The maximum absolute atomic E-state index is 13.1. The number of alkyl halides is 3. The lowest BCUT2D eigenvalue weighted by Gasteiger charge is -2.18. The number of benzene rings is 3. The highest BCUT2D eigenvalue weighted by atomic mass is 127. The number of carboxylic acid groups (broad SMARTS) is 1. The molecule has 0 aliphatic carbocycles. The van der Waals surface area contributed by atoms with Gasteiger partial charge in [-0.15, -0.1) is 0 Å². The van der Waals surface area contributed by atoms with Gasteiger partial charge in [0.25, 0.3) is 12.0 Å². The molecule has 2 atom stereocenters. The number of carbonyl (C=O) groups is 2. The molecule has 4 aromatic rings. The van der Waals surface area contributed by atoms with E-state index in [2.05, 4.69) is 27.9 Å². The molecule has 0 bridgehead atoms. The zero-order valence-electron chi connectivity index (χ0n) is 21.3. The fraction of sp³-hybridized carbons (Fsp3) is 0.241. The first-order valence-electron chi connectivity index (χ1n) is 12.0. The number of hydrogen-bond acceptors (Lipinski definition) is 3. The van der Waals surface area contributed by atoms with Crippen molar-refractivity contribution in [1.29, 1.82) is 0 Å². The first-order chi connectivity index (χ1) is 18.3. The Balaban J connectivity index is 1.58. The summed E-state index contributed by atoms with van der Waals surface area (Å²) < 4.78 is 47.0. The highest BCUT2D eigenvalue weighted by Crippen LogP contribution is 2.31. The highest BCUT2D eigenvalue weighted by Gasteiger charge is 2.47. The third-order valence-corrected chi connectivity index (χ3v) is 7.31. The van der Waals surface area contributed by atoms with Crippen LogP contribution in [-0.2, 0) is 18.3 Å². The van der Waals surface area contributed by atoms with Crippen molar-refractivity contribution >= 4 is 45.4 Å². The topological polar surface area (TPSA) is 80.6 Å². The first kappa shape index (κ1) is 28.5. The second-order valence-corrected chi connectivity index (χ2v) is 10.6. The van der Waals surface area contributed by atoms with E-state index in [4.69, 9.17) is 9.84 Å². The van der Waals surface area contributed by atoms with Gasteiger partial charge in [0.05, 0.1) is 6.04 Å². The summed E-state index contributed by atoms with van der Waals surface area (Å²) in [7, 11) is 1.89. The van der Waals surface area contributed by atoms with E-state index < -0.39 is 18.2 Å². The molecule has 1 aromatic heterocycles. The molecule has 0 aliphatic rings. The van der Waals surface area contributed by atoms with Gasteiger partial charge < -0.3 is 19.7 Å². The number of carbonyl (C=O) groups excluding carboxylic acids is 1. The highest BCUT2D eigenvalue weighted by molar-refractivity contribution is 14.1. The van der Waals surface area contributed by atoms with Crippen LogP contribution in [0.15, 0.2) is 66.7 Å². The Kier molecular flexibility index (Phi) is 8.24. The number of carboxylic acids is 1. The lowest BCUT2D eigenvalue weighted by Crippen LogP contribution is -2.41. The fourth-order valence-electron chi connectivity index (χ4n) is 4.47. The summed E-state index contributed by atoms with van der Waals surface area (Å²) in [5, 5.41) is 12.9. The van der Waals surface area contributed by atoms with Crippen LogP contribution in [0.1, 0.15) is 45.7 Å². The Bertz CT molecular complexity index is 1550. The minimum absolute atomic E-state index is 0.179. The molecule has 0 fully saturated rings. The number of aryl methyl sites for hydroxylation is 1. The summed E-state index contributed by atoms with van der Waals surface area (Å²) in [5.74, 6) is -2.49. The van der Waals surface area contributed by atoms with E-state index in [0.29, 0.717) is 17.5 Å². The van der Waals surface area contributed by atoms with E-state index in [9.17, 15) is 22.8 Å². The number of fused-ring (bicyclic) bond motifs is 1. The Hall–Kier alpha value is -3.54. The SMILES string of the molecule is Cc1c(Cc2cccc(OC(C(=O)O)C(F)(F)F)c2)c2ccc(C(=O)N[C@@H](C)c3cccc(I)c3)cc2n1C. The van der Waals surface area contributed by atoms with Crippen LogP contribution in [0.3, 0.4) is 0 Å². The standard InChI is InChI=1S/C29H26F3IN2O4/c1-16(19-7-5-8-21(33)14-19)34-27(36)20-10-11-23-24(17(2)35(3)25(23)15-20)13-18-6-4-9-22(12-18)39-26(28(37)38)29(30,31)32/h4-12,14-16,26H,13H2,1-3H3,(H,34,36)(H,37,38)/t16-,26?/m0/s1. The van der Waals surface area contributed by atoms with E-state index in [-0.39, 0.29) is 17.7 Å². The Morgan fingerprint density at radius 2 is 1.79 bits per heavy atom. The van der Waals surface area contributed by atoms with Gasteiger partial charge in [-0.3, -0.25) is 4.79 Å². The third-order valence-electron chi connectivity index (χ3n) is 6.64. The van der Waals surface area contributed by atoms with Crippen LogP contribution in [0.5, 0.6) is 5.75 Å². The van der Waals surface area contributed by atoms with Crippen LogP contribution in [0.25, 0.3) is 10.9 Å². The Labute approximate surface area is 236 Å². The molecule has 0 saturated heterocycles. The second-order valence-electron chi connectivity index (χ2n) is 9.31. The van der Waals surface area contributed by atoms with Crippen LogP contribution in [-0.4, -0.2) is 33.8 Å². The van der Waals surface area contributed by atoms with E-state index in [1.54, 1.807) is 12.1 Å². The fourth-order valence-corrected chi connectivity index (χ4v) is 5.04. The van der Waals surface area contributed by atoms with Crippen molar-refractivity contribution in [3.63, 3.8) is 0 Å². The second kappa shape index (κ2) is 11.3. The molecule has 0 aliphatic heterocycles. The van der Waals surface area contributed by atoms with E-state index >= 15 is 0 Å². The number of nitrogens with zero attached hydrogens (tertiary/aromatic N) is 1. The number of hydrogen-bond donors (Lipinski definition) is 2. The molecule has 1 amide bonds. The molecule has 1 unspecified atom stereocenters. The summed E-state index contributed by atoms with van der Waals surface area (Å²) in [4.78, 5) is 24.1. The van der Waals surface area contributed by atoms with E-state index in [0.717, 1.165) is 31.3 Å². The van der Waals surface area contributed by atoms with E-state index in [1.807, 2.05) is 61.9 Å². The minimum Gasteiger partial charge on any atom is -0.478 e. The molecular weight excluding hydrogens is 624 g/mol. The zero-order chi connectivity index (χ0) is 28.5. The summed E-state index contributed by atoms with van der Waals surface area (Å²) in [6.07, 6.45) is -7.63. The maximum atomic E-state index is 13.1. The average molecular weight is 650 g/mol. The number of rotatable bonds is 8. The largest absolute Gasteiger partial charge is 0.478 e. The van der Waals surface area contributed by atoms with Crippen molar-refractivity contribution in [2.24, 2.45) is 7.05 Å². The van der Waals surface area contributed by atoms with Gasteiger partial charge in [0.2, 0.25) is 0 Å². The predicted molar refractivity (Wildman–Crippen MR) is 150 cm³/mol. The van der Waals surface area contributed by atoms with Crippen LogP contribution in [0.2, 0.25) is 0 Å². The predicted octanol–water partition coefficient (Wildman–Crippen LogP) is 6.57. The number of halogens is 4. The normalized spacial score (nSPS) is 13.2. The van der Waals surface area contributed by atoms with Gasteiger partial charge in [0.1, 0.15) is 5.75 Å². The third kappa shape index (κ3) is 6.38. The van der Waals surface area contributed by atoms with Gasteiger partial charge in [0, 0.05) is 32.8 Å². The van der Waals surface area contributed by atoms with Crippen LogP contribution in [0.4, 0.5) is 13.2 Å². The van der Waals surface area contributed by atoms with Gasteiger partial charge in [0.15, 0.2) is 0 Å². The molecule has 4 rings (SSSR count). The van der Waals surface area contributed by atoms with Crippen LogP contribution < -0.4 is 10.1 Å². The minimum atomic E-state index is -5.05. The van der Waals surface area contributed by atoms with E-state index in [1.165, 1.54) is 18.2 Å². The molecular formula is C29H26F3IN2O4. The molecule has 6 nitrogen and oxygen atoms in total. The number of amides is 1. The lowest BCUT2D eigenvalue weighted by molar-refractivity contribution is -0.207. The lowest BCUT2D eigenvalue weighted by atomic mass is 10.0. The van der Waals surface area contributed by atoms with Gasteiger partial charge in [-0.25, -0.2) is 4.79 Å². The molecule has 0 radical (unpaired) electrons. The van der Waals surface area contributed by atoms with Gasteiger partial charge >= 0.3 is 12.1 Å². The molecule has 0 spiro atoms. The maximum Gasteiger partial charge on any atom is 0.436 e. The van der Waals surface area contributed by atoms with Crippen molar-refractivity contribution < 1.29 is 32.6 Å². The zero-order valence-corrected chi connectivity index (χ0v) is 23.5. The smallest absolute Gasteiger partial charge is 0.436 e. The van der Waals surface area contributed by atoms with Gasteiger partial charge in [-0.05, 0) is 95.9 Å². The van der Waals surface area contributed by atoms with Crippen molar-refractivity contribution in [3.8, 4) is 5.75 Å². The number of aliphatic carboxylic acids is 1. The van der Waals surface area contributed by atoms with Crippen LogP contribution >= 0.6 is 22.6 Å². The first-order valence-corrected chi connectivity index (χ1v) is 13.1. The van der Waals surface area contributed by atoms with Gasteiger partial charge in [-0.2, -0.15) is 13.2 Å². The van der Waals surface area contributed by atoms with Crippen molar-refractivity contribution in [2.45, 2.75) is 38.6 Å². The molecule has 3 aromatic carbocycles.